The SMILES string of the molecule is CC(C)c1cc(Nc2nc(C3=CCCCC3)cn3c(-c4cnn(C)c4)cnc23)sn1.Cc1cc(Nc2nc(C3=CCCCC3)cn3c(-c4cnn(C)c4)cnc23)sc1S(=O)(=O)NCCO.Cc1ncc(Nc2nc(C3=CCCCC3)cn3c(-c4cnn(C)c4)cnc23)s1.Cn1cc(-c2cnc3c(Nc4cc(C(C)(C)C)ns4)nc(C4=CCCCC4)cn23)cn1. The lowest BCUT2D eigenvalue weighted by Gasteiger charge is -2.15. The van der Waals surface area contributed by atoms with Crippen LogP contribution in [-0.2, 0) is 43.6 Å². The molecule has 16 aromatic rings. The molecule has 0 spiro atoms. The highest BCUT2D eigenvalue weighted by atomic mass is 32.2. The summed E-state index contributed by atoms with van der Waals surface area (Å²) in [6.07, 6.45) is 60.4. The molecular formula is C88H100N28O3S5. The standard InChI is InChI=1S/C23H27N7O3S2.C23H27N7S.C22H25N7S.C20H21N7S/c1-15-10-20(34-23(15)35(32,33)26-8-9-31)28-21-22-24-12-19(17-11-25-29(2)13-17)30(22)14-18(27-21)16-6-4-3-5-7-16;1-23(2,3)19-10-20(31-28-19)27-21-22-24-12-18(16-11-25-29(4)13-16)30(22)14-17(26-21)15-8-6-5-7-9-15;1-14(2)17-9-20(30-27-17)26-21-22-23-11-19(16-10-24-28(3)12-16)29(22)13-18(25-21)15-7-5-4-6-8-15;1-13-21-10-18(28-13)25-19-20-22-9-17(15-8-23-26(2)11-15)27(20)12-16(24-19)14-6-4-3-5-7-14/h6,10-14,26,31H,3-5,7-9H2,1-2H3,(H,27,28);8,10-14H,5-7,9H2,1-4H3,(H,26,27);7,9-14H,4-6,8H2,1-3H3,(H,25,26);6,8-12H,3-5,7H2,1-2H3,(H,24,25). The van der Waals surface area contributed by atoms with E-state index in [2.05, 4.69) is 173 Å². The van der Waals surface area contributed by atoms with Gasteiger partial charge in [-0.3, -0.25) is 36.3 Å². The highest BCUT2D eigenvalue weighted by Gasteiger charge is 2.27. The first-order valence-electron chi connectivity index (χ1n) is 41.9. The Labute approximate surface area is 734 Å². The molecule has 4 aliphatic rings. The summed E-state index contributed by atoms with van der Waals surface area (Å²) in [4.78, 5) is 42.9. The zero-order chi connectivity index (χ0) is 85.9. The monoisotopic (exact) mass is 1760 g/mol. The van der Waals surface area contributed by atoms with E-state index in [-0.39, 0.29) is 22.8 Å². The number of hydrogen-bond donors (Lipinski definition) is 6. The molecule has 0 aliphatic heterocycles. The quantitative estimate of drug-likeness (QED) is 0.0389. The van der Waals surface area contributed by atoms with Gasteiger partial charge < -0.3 is 26.4 Å². The maximum atomic E-state index is 12.6. The number of aromatic nitrogens is 23. The van der Waals surface area contributed by atoms with E-state index in [1.807, 2.05) is 123 Å². The Hall–Kier alpha value is -12.1. The minimum atomic E-state index is -3.71. The van der Waals surface area contributed by atoms with Crippen LogP contribution in [0.3, 0.4) is 0 Å². The van der Waals surface area contributed by atoms with Crippen LogP contribution in [0.5, 0.6) is 0 Å². The molecule has 0 aromatic carbocycles. The molecule has 0 radical (unpaired) electrons. The van der Waals surface area contributed by atoms with Crippen molar-refractivity contribution in [1.82, 2.24) is 115 Å². The van der Waals surface area contributed by atoms with Gasteiger partial charge in [0.05, 0.1) is 129 Å². The number of sulfonamides is 1. The summed E-state index contributed by atoms with van der Waals surface area (Å²) in [6, 6.07) is 6.00. The summed E-state index contributed by atoms with van der Waals surface area (Å²) in [5, 5.41) is 44.6. The predicted molar refractivity (Wildman–Crippen MR) is 495 cm³/mol. The fourth-order valence-electron chi connectivity index (χ4n) is 15.5. The third kappa shape index (κ3) is 18.7. The van der Waals surface area contributed by atoms with E-state index < -0.39 is 10.0 Å². The first-order chi connectivity index (χ1) is 60.0. The third-order valence-electron chi connectivity index (χ3n) is 22.0. The summed E-state index contributed by atoms with van der Waals surface area (Å²) < 4.78 is 52.6. The Balaban J connectivity index is 0.000000117. The lowest BCUT2D eigenvalue weighted by atomic mass is 9.92. The van der Waals surface area contributed by atoms with Crippen LogP contribution in [0.25, 0.3) is 89.9 Å². The van der Waals surface area contributed by atoms with Gasteiger partial charge in [0.25, 0.3) is 0 Å². The molecule has 0 bridgehead atoms. The number of fused-ring (bicyclic) bond motifs is 4. The van der Waals surface area contributed by atoms with Gasteiger partial charge in [-0.05, 0) is 192 Å². The van der Waals surface area contributed by atoms with Crippen LogP contribution >= 0.6 is 45.7 Å². The molecule has 16 heterocycles. The minimum absolute atomic E-state index is 0.00865. The predicted octanol–water partition coefficient (Wildman–Crippen LogP) is 19.1. The van der Waals surface area contributed by atoms with Gasteiger partial charge in [0.15, 0.2) is 45.9 Å². The number of thiophene rings is 1. The molecule has 4 aliphatic carbocycles. The molecule has 16 aromatic heterocycles. The average molecular weight is 1760 g/mol. The van der Waals surface area contributed by atoms with Gasteiger partial charge >= 0.3 is 0 Å². The van der Waals surface area contributed by atoms with Crippen molar-refractivity contribution >= 4 is 144 Å². The molecule has 640 valence electrons. The van der Waals surface area contributed by atoms with Gasteiger partial charge in [-0.1, -0.05) is 58.9 Å². The molecule has 0 amide bonds. The summed E-state index contributed by atoms with van der Waals surface area (Å²) in [7, 11) is 3.94. The van der Waals surface area contributed by atoms with Crippen LogP contribution in [0.15, 0.2) is 152 Å². The van der Waals surface area contributed by atoms with Crippen molar-refractivity contribution in [2.24, 2.45) is 28.2 Å². The van der Waals surface area contributed by atoms with Crippen LogP contribution in [-0.4, -0.2) is 137 Å². The largest absolute Gasteiger partial charge is 0.395 e. The van der Waals surface area contributed by atoms with E-state index in [1.165, 1.54) is 90.3 Å². The fourth-order valence-corrected chi connectivity index (χ4v) is 20.4. The lowest BCUT2D eigenvalue weighted by Crippen LogP contribution is -2.26. The van der Waals surface area contributed by atoms with E-state index in [0.717, 1.165) is 203 Å². The van der Waals surface area contributed by atoms with E-state index in [1.54, 1.807) is 46.1 Å². The molecule has 31 nitrogen and oxygen atoms in total. The van der Waals surface area contributed by atoms with Gasteiger partial charge in [-0.15, -0.1) is 22.7 Å². The molecule has 20 rings (SSSR count). The maximum Gasteiger partial charge on any atom is 0.250 e. The van der Waals surface area contributed by atoms with Crippen molar-refractivity contribution in [3.8, 4) is 45.0 Å². The number of thiazole rings is 1. The van der Waals surface area contributed by atoms with E-state index in [4.69, 9.17) is 35.0 Å². The molecule has 0 saturated heterocycles. The van der Waals surface area contributed by atoms with Crippen molar-refractivity contribution in [3.05, 3.63) is 193 Å². The van der Waals surface area contributed by atoms with Crippen LogP contribution in [0.1, 0.15) is 188 Å². The van der Waals surface area contributed by atoms with Crippen LogP contribution in [0, 0.1) is 13.8 Å². The smallest absolute Gasteiger partial charge is 0.250 e. The summed E-state index contributed by atoms with van der Waals surface area (Å²) in [6.45, 7) is 14.3. The number of aliphatic hydroxyl groups is 1. The second-order valence-corrected chi connectivity index (χ2v) is 38.7. The van der Waals surface area contributed by atoms with Crippen molar-refractivity contribution in [2.45, 2.75) is 167 Å². The van der Waals surface area contributed by atoms with Gasteiger partial charge in [0.2, 0.25) is 10.0 Å². The molecule has 6 N–H and O–H groups in total. The van der Waals surface area contributed by atoms with Crippen molar-refractivity contribution in [1.29, 1.82) is 0 Å². The average Bonchev–Trinajstić information content (AvgIpc) is 1.67. The summed E-state index contributed by atoms with van der Waals surface area (Å²) >= 11 is 5.66. The molecule has 0 atom stereocenters. The maximum absolute atomic E-state index is 12.6. The van der Waals surface area contributed by atoms with Crippen LogP contribution in [0.4, 0.5) is 43.3 Å². The zero-order valence-electron chi connectivity index (χ0n) is 71.3. The number of imidazole rings is 4. The Morgan fingerprint density at radius 1 is 0.435 bits per heavy atom. The minimum Gasteiger partial charge on any atom is -0.395 e. The number of anilines is 8. The lowest BCUT2D eigenvalue weighted by molar-refractivity contribution is 0.301. The fraction of sp³-hybridized carbons (Fsp3) is 0.352. The number of rotatable bonds is 21. The second kappa shape index (κ2) is 36.4. The number of nitrogens with one attached hydrogen (secondary N) is 5. The molecular weight excluding hydrogens is 1660 g/mol. The molecule has 0 fully saturated rings. The normalized spacial score (nSPS) is 14.5. The van der Waals surface area contributed by atoms with Crippen LogP contribution in [0.2, 0.25) is 0 Å². The number of aryl methyl sites for hydroxylation is 6. The Kier molecular flexibility index (Phi) is 24.7. The molecule has 0 saturated carbocycles. The molecule has 36 heteroatoms. The van der Waals surface area contributed by atoms with Crippen molar-refractivity contribution in [3.63, 3.8) is 0 Å². The number of aliphatic hydroxyl groups excluding tert-OH is 1. The van der Waals surface area contributed by atoms with Gasteiger partial charge in [-0.2, -0.15) is 29.1 Å². The first kappa shape index (κ1) is 84.2. The Morgan fingerprint density at radius 2 is 0.798 bits per heavy atom. The van der Waals surface area contributed by atoms with Gasteiger partial charge in [0.1, 0.15) is 19.2 Å². The Morgan fingerprint density at radius 3 is 1.10 bits per heavy atom. The van der Waals surface area contributed by atoms with Gasteiger partial charge in [-0.25, -0.2) is 58.0 Å². The summed E-state index contributed by atoms with van der Waals surface area (Å²) in [5.41, 5.74) is 22.8. The van der Waals surface area contributed by atoms with E-state index in [9.17, 15) is 8.42 Å². The Bertz CT molecular complexity index is 6810. The first-order valence-corrected chi connectivity index (χ1v) is 46.6. The number of nitrogens with zero attached hydrogens (tertiary/aromatic N) is 23. The second-order valence-electron chi connectivity index (χ2n) is 32.8. The molecule has 124 heavy (non-hydrogen) atoms. The van der Waals surface area contributed by atoms with Gasteiger partial charge in [0, 0.05) is 112 Å². The van der Waals surface area contributed by atoms with Crippen molar-refractivity contribution < 1.29 is 13.5 Å². The molecule has 0 unspecified atom stereocenters. The van der Waals surface area contributed by atoms with Crippen LogP contribution < -0.4 is 26.0 Å². The van der Waals surface area contributed by atoms with E-state index >= 15 is 0 Å². The zero-order valence-corrected chi connectivity index (χ0v) is 75.3. The number of hydrogen-bond acceptors (Lipinski definition) is 26. The highest BCUT2D eigenvalue weighted by Crippen LogP contribution is 2.41. The van der Waals surface area contributed by atoms with Crippen molar-refractivity contribution in [2.75, 3.05) is 34.4 Å². The van der Waals surface area contributed by atoms with E-state index in [0.29, 0.717) is 27.9 Å². The third-order valence-corrected chi connectivity index (χ3v) is 27.5. The summed E-state index contributed by atoms with van der Waals surface area (Å²) in [5.74, 6) is 3.21. The highest BCUT2D eigenvalue weighted by molar-refractivity contribution is 7.91. The number of allylic oxidation sites excluding steroid dienone is 8. The topological polar surface area (TPSA) is 345 Å².